The fraction of sp³-hybridized carbons (Fsp3) is 0.333. The number of carbonyl (C=O) groups excluding carboxylic acids is 2. The van der Waals surface area contributed by atoms with Crippen LogP contribution in [0, 0.1) is 11.7 Å². The molecule has 1 aliphatic rings. The Balaban J connectivity index is 1.52. The number of piperidine rings is 1. The van der Waals surface area contributed by atoms with Gasteiger partial charge in [0.05, 0.1) is 6.42 Å². The summed E-state index contributed by atoms with van der Waals surface area (Å²) >= 11 is 0. The van der Waals surface area contributed by atoms with Crippen molar-refractivity contribution < 1.29 is 14.0 Å². The fourth-order valence-corrected chi connectivity index (χ4v) is 3.32. The molecule has 5 heteroatoms. The van der Waals surface area contributed by atoms with E-state index in [0.29, 0.717) is 25.9 Å². The Bertz CT molecular complexity index is 753. The topological polar surface area (TPSA) is 40.6 Å². The highest BCUT2D eigenvalue weighted by Crippen LogP contribution is 2.23. The quantitative estimate of drug-likeness (QED) is 0.845. The summed E-state index contributed by atoms with van der Waals surface area (Å²) in [6, 6.07) is 15.6. The Kier molecular flexibility index (Phi) is 5.66. The summed E-state index contributed by atoms with van der Waals surface area (Å²) in [5, 5.41) is 0. The van der Waals surface area contributed by atoms with E-state index < -0.39 is 0 Å². The maximum atomic E-state index is 13.0. The van der Waals surface area contributed by atoms with Crippen LogP contribution in [0.15, 0.2) is 54.6 Å². The summed E-state index contributed by atoms with van der Waals surface area (Å²) in [6.45, 7) is 1.16. The van der Waals surface area contributed by atoms with Crippen LogP contribution in [0.5, 0.6) is 0 Å². The van der Waals surface area contributed by atoms with Gasteiger partial charge in [-0.25, -0.2) is 4.39 Å². The monoisotopic (exact) mass is 354 g/mol. The van der Waals surface area contributed by atoms with Gasteiger partial charge in [0.2, 0.25) is 11.8 Å². The van der Waals surface area contributed by atoms with Crippen LogP contribution in [0.25, 0.3) is 0 Å². The predicted molar refractivity (Wildman–Crippen MR) is 99.3 cm³/mol. The first kappa shape index (κ1) is 18.1. The SMILES string of the molecule is CN(C(=O)C1CCN(C(=O)Cc2ccc(F)cc2)CC1)c1ccccc1. The number of benzene rings is 2. The van der Waals surface area contributed by atoms with Gasteiger partial charge in [-0.15, -0.1) is 0 Å². The van der Waals surface area contributed by atoms with Crippen molar-refractivity contribution in [3.05, 3.63) is 66.0 Å². The Morgan fingerprint density at radius 1 is 1.04 bits per heavy atom. The van der Waals surface area contributed by atoms with Crippen molar-refractivity contribution in [2.75, 3.05) is 25.0 Å². The average Bonchev–Trinajstić information content (AvgIpc) is 2.69. The summed E-state index contributed by atoms with van der Waals surface area (Å²) < 4.78 is 13.0. The lowest BCUT2D eigenvalue weighted by atomic mass is 9.94. The van der Waals surface area contributed by atoms with Gasteiger partial charge in [-0.3, -0.25) is 9.59 Å². The molecule has 4 nitrogen and oxygen atoms in total. The van der Waals surface area contributed by atoms with Crippen LogP contribution >= 0.6 is 0 Å². The summed E-state index contributed by atoms with van der Waals surface area (Å²) in [7, 11) is 1.80. The molecule has 3 rings (SSSR count). The number of carbonyl (C=O) groups is 2. The number of halogens is 1. The zero-order valence-electron chi connectivity index (χ0n) is 14.9. The summed E-state index contributed by atoms with van der Waals surface area (Å²) in [6.07, 6.45) is 1.61. The molecule has 0 atom stereocenters. The molecular weight excluding hydrogens is 331 g/mol. The van der Waals surface area contributed by atoms with Crippen LogP contribution in [0.4, 0.5) is 10.1 Å². The Labute approximate surface area is 153 Å². The highest BCUT2D eigenvalue weighted by Gasteiger charge is 2.29. The second kappa shape index (κ2) is 8.13. The minimum absolute atomic E-state index is 0.0268. The number of nitrogens with zero attached hydrogens (tertiary/aromatic N) is 2. The minimum atomic E-state index is -0.303. The molecular formula is C21H23FN2O2. The number of anilines is 1. The average molecular weight is 354 g/mol. The van der Waals surface area contributed by atoms with Crippen molar-refractivity contribution in [3.8, 4) is 0 Å². The van der Waals surface area contributed by atoms with Crippen LogP contribution in [-0.4, -0.2) is 36.9 Å². The smallest absolute Gasteiger partial charge is 0.229 e. The molecule has 1 fully saturated rings. The maximum absolute atomic E-state index is 13.0. The van der Waals surface area contributed by atoms with Gasteiger partial charge in [0.25, 0.3) is 0 Å². The van der Waals surface area contributed by atoms with E-state index in [1.807, 2.05) is 30.3 Å². The molecule has 0 radical (unpaired) electrons. The summed E-state index contributed by atoms with van der Waals surface area (Å²) in [4.78, 5) is 28.6. The minimum Gasteiger partial charge on any atom is -0.342 e. The van der Waals surface area contributed by atoms with Crippen molar-refractivity contribution >= 4 is 17.5 Å². The van der Waals surface area contributed by atoms with Gasteiger partial charge in [-0.1, -0.05) is 30.3 Å². The van der Waals surface area contributed by atoms with Crippen molar-refractivity contribution in [1.29, 1.82) is 0 Å². The van der Waals surface area contributed by atoms with E-state index in [9.17, 15) is 14.0 Å². The van der Waals surface area contributed by atoms with E-state index in [1.165, 1.54) is 12.1 Å². The Hall–Kier alpha value is -2.69. The lowest BCUT2D eigenvalue weighted by Crippen LogP contribution is -2.44. The van der Waals surface area contributed by atoms with Crippen molar-refractivity contribution in [3.63, 3.8) is 0 Å². The lowest BCUT2D eigenvalue weighted by molar-refractivity contribution is -0.134. The predicted octanol–water partition coefficient (Wildman–Crippen LogP) is 3.27. The van der Waals surface area contributed by atoms with Crippen LogP contribution in [-0.2, 0) is 16.0 Å². The number of rotatable bonds is 4. The number of hydrogen-bond donors (Lipinski definition) is 0. The number of amides is 2. The number of likely N-dealkylation sites (tertiary alicyclic amines) is 1. The zero-order valence-corrected chi connectivity index (χ0v) is 14.9. The molecule has 1 aliphatic heterocycles. The van der Waals surface area contributed by atoms with Crippen LogP contribution < -0.4 is 4.90 Å². The number of para-hydroxylation sites is 1. The highest BCUT2D eigenvalue weighted by atomic mass is 19.1. The third-order valence-electron chi connectivity index (χ3n) is 4.94. The van der Waals surface area contributed by atoms with Crippen LogP contribution in [0.2, 0.25) is 0 Å². The molecule has 136 valence electrons. The summed E-state index contributed by atoms with van der Waals surface area (Å²) in [5.74, 6) is -0.237. The highest BCUT2D eigenvalue weighted by molar-refractivity contribution is 5.94. The van der Waals surface area contributed by atoms with Crippen molar-refractivity contribution in [2.45, 2.75) is 19.3 Å². The van der Waals surface area contributed by atoms with E-state index >= 15 is 0 Å². The molecule has 2 amide bonds. The van der Waals surface area contributed by atoms with E-state index in [2.05, 4.69) is 0 Å². The van der Waals surface area contributed by atoms with Gasteiger partial charge in [-0.05, 0) is 42.7 Å². The molecule has 0 saturated carbocycles. The van der Waals surface area contributed by atoms with Gasteiger partial charge >= 0.3 is 0 Å². The lowest BCUT2D eigenvalue weighted by Gasteiger charge is -2.33. The zero-order chi connectivity index (χ0) is 18.5. The van der Waals surface area contributed by atoms with Gasteiger partial charge in [0.15, 0.2) is 0 Å². The normalized spacial score (nSPS) is 14.9. The third kappa shape index (κ3) is 4.28. The van der Waals surface area contributed by atoms with Crippen molar-refractivity contribution in [2.24, 2.45) is 5.92 Å². The van der Waals surface area contributed by atoms with E-state index in [4.69, 9.17) is 0 Å². The largest absolute Gasteiger partial charge is 0.342 e. The molecule has 0 N–H and O–H groups in total. The van der Waals surface area contributed by atoms with Crippen LogP contribution in [0.1, 0.15) is 18.4 Å². The van der Waals surface area contributed by atoms with Gasteiger partial charge in [0, 0.05) is 31.7 Å². The van der Waals surface area contributed by atoms with E-state index in [0.717, 1.165) is 11.3 Å². The van der Waals surface area contributed by atoms with Crippen LogP contribution in [0.3, 0.4) is 0 Å². The molecule has 2 aromatic rings. The molecule has 0 aliphatic carbocycles. The number of hydrogen-bond acceptors (Lipinski definition) is 2. The standard InChI is InChI=1S/C21H23FN2O2/c1-23(19-5-3-2-4-6-19)21(26)17-11-13-24(14-12-17)20(25)15-16-7-9-18(22)10-8-16/h2-10,17H,11-15H2,1H3. The molecule has 0 unspecified atom stereocenters. The molecule has 1 heterocycles. The molecule has 2 aromatic carbocycles. The van der Waals surface area contributed by atoms with Crippen molar-refractivity contribution in [1.82, 2.24) is 4.90 Å². The Morgan fingerprint density at radius 2 is 1.65 bits per heavy atom. The first-order valence-corrected chi connectivity index (χ1v) is 8.89. The molecule has 0 bridgehead atoms. The Morgan fingerprint density at radius 3 is 2.27 bits per heavy atom. The first-order valence-electron chi connectivity index (χ1n) is 8.89. The molecule has 0 aromatic heterocycles. The van der Waals surface area contributed by atoms with Gasteiger partial charge < -0.3 is 9.80 Å². The van der Waals surface area contributed by atoms with Gasteiger partial charge in [-0.2, -0.15) is 0 Å². The third-order valence-corrected chi connectivity index (χ3v) is 4.94. The van der Waals surface area contributed by atoms with E-state index in [-0.39, 0.29) is 30.0 Å². The summed E-state index contributed by atoms with van der Waals surface area (Å²) in [5.41, 5.74) is 1.69. The molecule has 26 heavy (non-hydrogen) atoms. The molecule has 0 spiro atoms. The first-order chi connectivity index (χ1) is 12.5. The van der Waals surface area contributed by atoms with E-state index in [1.54, 1.807) is 29.0 Å². The fourth-order valence-electron chi connectivity index (χ4n) is 3.32. The second-order valence-electron chi connectivity index (χ2n) is 6.69. The second-order valence-corrected chi connectivity index (χ2v) is 6.69. The maximum Gasteiger partial charge on any atom is 0.229 e. The molecule has 1 saturated heterocycles. The van der Waals surface area contributed by atoms with Gasteiger partial charge in [0.1, 0.15) is 5.82 Å².